The number of rotatable bonds is 3. The first kappa shape index (κ1) is 15.7. The molecule has 24 heavy (non-hydrogen) atoms. The minimum Gasteiger partial charge on any atom is -0.490 e. The Bertz CT molecular complexity index is 547. The molecule has 3 aliphatic heterocycles. The van der Waals surface area contributed by atoms with Crippen LogP contribution in [0.25, 0.3) is 0 Å². The Balaban J connectivity index is 1.35. The maximum atomic E-state index is 12.6. The molecule has 1 aromatic heterocycles. The first-order valence-corrected chi connectivity index (χ1v) is 8.93. The first-order chi connectivity index (χ1) is 11.8. The van der Waals surface area contributed by atoms with Crippen LogP contribution in [0, 0.1) is 0 Å². The quantitative estimate of drug-likeness (QED) is 0.852. The summed E-state index contributed by atoms with van der Waals surface area (Å²) in [6, 6.07) is 4.24. The summed E-state index contributed by atoms with van der Waals surface area (Å²) in [5, 5.41) is 0. The number of hydrogen-bond acceptors (Lipinski definition) is 5. The minimum absolute atomic E-state index is 0.0106. The zero-order valence-corrected chi connectivity index (χ0v) is 13.8. The molecular formula is C18H24N2O4. The molecular weight excluding hydrogens is 308 g/mol. The topological polar surface area (TPSA) is 60.9 Å². The molecule has 2 unspecified atom stereocenters. The molecule has 1 amide bonds. The largest absolute Gasteiger partial charge is 0.490 e. The van der Waals surface area contributed by atoms with Crippen LogP contribution >= 0.6 is 0 Å². The normalized spacial score (nSPS) is 30.2. The second kappa shape index (κ2) is 6.97. The van der Waals surface area contributed by atoms with Crippen LogP contribution in [0.1, 0.15) is 38.5 Å². The predicted octanol–water partition coefficient (Wildman–Crippen LogP) is 2.77. The van der Waals surface area contributed by atoms with Crippen molar-refractivity contribution in [3.05, 3.63) is 24.5 Å². The molecule has 0 saturated carbocycles. The molecule has 4 heterocycles. The Morgan fingerprint density at radius 1 is 1.04 bits per heavy atom. The first-order valence-electron chi connectivity index (χ1n) is 8.93. The molecule has 0 spiro atoms. The third-order valence-electron chi connectivity index (χ3n) is 5.29. The zero-order valence-electron chi connectivity index (χ0n) is 13.8. The Morgan fingerprint density at radius 2 is 1.71 bits per heavy atom. The van der Waals surface area contributed by atoms with Gasteiger partial charge in [0.05, 0.1) is 13.2 Å². The number of piperidine rings is 1. The van der Waals surface area contributed by atoms with Gasteiger partial charge < -0.3 is 19.1 Å². The lowest BCUT2D eigenvalue weighted by molar-refractivity contribution is -0.0250. The Morgan fingerprint density at radius 3 is 2.38 bits per heavy atom. The van der Waals surface area contributed by atoms with Gasteiger partial charge in [-0.3, -0.25) is 4.98 Å². The van der Waals surface area contributed by atoms with Crippen LogP contribution in [-0.4, -0.2) is 53.5 Å². The van der Waals surface area contributed by atoms with Crippen LogP contribution in [0.5, 0.6) is 5.75 Å². The lowest BCUT2D eigenvalue weighted by Crippen LogP contribution is -2.50. The number of amides is 1. The van der Waals surface area contributed by atoms with Gasteiger partial charge in [-0.2, -0.15) is 0 Å². The van der Waals surface area contributed by atoms with E-state index in [0.29, 0.717) is 13.2 Å². The van der Waals surface area contributed by atoms with Gasteiger partial charge in [0.2, 0.25) is 0 Å². The standard InChI is InChI=1S/C18H24N2O4/c21-18(24-16-5-9-22-10-6-16)20-13-1-2-14(20)12-17(11-13)23-15-3-7-19-8-4-15/h3-4,7-8,13-14,16-17H,1-2,5-6,9-12H2. The molecule has 130 valence electrons. The Kier molecular flexibility index (Phi) is 4.56. The maximum absolute atomic E-state index is 12.6. The smallest absolute Gasteiger partial charge is 0.410 e. The molecule has 0 aliphatic carbocycles. The number of carbonyl (C=O) groups excluding carboxylic acids is 1. The fraction of sp³-hybridized carbons (Fsp3) is 0.667. The number of carbonyl (C=O) groups is 1. The zero-order chi connectivity index (χ0) is 16.4. The summed E-state index contributed by atoms with van der Waals surface area (Å²) < 4.78 is 17.1. The van der Waals surface area contributed by atoms with Crippen molar-refractivity contribution < 1.29 is 19.0 Å². The van der Waals surface area contributed by atoms with Gasteiger partial charge in [0.15, 0.2) is 0 Å². The second-order valence-electron chi connectivity index (χ2n) is 6.88. The number of hydrogen-bond donors (Lipinski definition) is 0. The van der Waals surface area contributed by atoms with E-state index >= 15 is 0 Å². The summed E-state index contributed by atoms with van der Waals surface area (Å²) in [4.78, 5) is 18.6. The number of ether oxygens (including phenoxy) is 3. The third-order valence-corrected chi connectivity index (χ3v) is 5.29. The highest BCUT2D eigenvalue weighted by Gasteiger charge is 2.45. The van der Waals surface area contributed by atoms with E-state index in [1.165, 1.54) is 0 Å². The van der Waals surface area contributed by atoms with Crippen LogP contribution in [0.2, 0.25) is 0 Å². The van der Waals surface area contributed by atoms with Crippen molar-refractivity contribution in [2.24, 2.45) is 0 Å². The van der Waals surface area contributed by atoms with Gasteiger partial charge in [0, 0.05) is 50.2 Å². The van der Waals surface area contributed by atoms with Crippen LogP contribution in [0.4, 0.5) is 4.79 Å². The molecule has 3 saturated heterocycles. The van der Waals surface area contributed by atoms with Crippen molar-refractivity contribution in [1.29, 1.82) is 0 Å². The average Bonchev–Trinajstić information content (AvgIpc) is 2.88. The molecule has 6 heteroatoms. The molecule has 0 aromatic carbocycles. The number of nitrogens with zero attached hydrogens (tertiary/aromatic N) is 2. The summed E-state index contributed by atoms with van der Waals surface area (Å²) in [5.41, 5.74) is 0. The SMILES string of the molecule is O=C(OC1CCOCC1)N1C2CCC1CC(Oc1ccncc1)C2. The van der Waals surface area contributed by atoms with Crippen molar-refractivity contribution in [3.63, 3.8) is 0 Å². The lowest BCUT2D eigenvalue weighted by Gasteiger charge is -2.39. The summed E-state index contributed by atoms with van der Waals surface area (Å²) >= 11 is 0. The Hall–Kier alpha value is -1.82. The lowest BCUT2D eigenvalue weighted by atomic mass is 10.00. The summed E-state index contributed by atoms with van der Waals surface area (Å²) in [7, 11) is 0. The summed E-state index contributed by atoms with van der Waals surface area (Å²) in [6.07, 6.45) is 8.97. The van der Waals surface area contributed by atoms with Gasteiger partial charge in [-0.05, 0) is 25.0 Å². The van der Waals surface area contributed by atoms with E-state index in [4.69, 9.17) is 14.2 Å². The summed E-state index contributed by atoms with van der Waals surface area (Å²) in [6.45, 7) is 1.37. The highest BCUT2D eigenvalue weighted by atomic mass is 16.6. The van der Waals surface area contributed by atoms with Gasteiger partial charge in [0.1, 0.15) is 18.0 Å². The van der Waals surface area contributed by atoms with Crippen LogP contribution in [0.15, 0.2) is 24.5 Å². The van der Waals surface area contributed by atoms with Crippen molar-refractivity contribution in [2.75, 3.05) is 13.2 Å². The molecule has 0 radical (unpaired) electrons. The van der Waals surface area contributed by atoms with Gasteiger partial charge in [0.25, 0.3) is 0 Å². The van der Waals surface area contributed by atoms with E-state index in [1.807, 2.05) is 17.0 Å². The van der Waals surface area contributed by atoms with Crippen molar-refractivity contribution in [1.82, 2.24) is 9.88 Å². The van der Waals surface area contributed by atoms with Crippen LogP contribution in [-0.2, 0) is 9.47 Å². The van der Waals surface area contributed by atoms with E-state index in [-0.39, 0.29) is 30.4 Å². The maximum Gasteiger partial charge on any atom is 0.410 e. The van der Waals surface area contributed by atoms with E-state index in [2.05, 4.69) is 4.98 Å². The molecule has 3 fully saturated rings. The minimum atomic E-state index is -0.142. The average molecular weight is 332 g/mol. The predicted molar refractivity (Wildman–Crippen MR) is 86.9 cm³/mol. The van der Waals surface area contributed by atoms with Crippen molar-refractivity contribution >= 4 is 6.09 Å². The van der Waals surface area contributed by atoms with Crippen LogP contribution < -0.4 is 4.74 Å². The van der Waals surface area contributed by atoms with Gasteiger partial charge in [-0.1, -0.05) is 0 Å². The molecule has 2 atom stereocenters. The summed E-state index contributed by atoms with van der Waals surface area (Å²) in [5.74, 6) is 0.854. The molecule has 6 nitrogen and oxygen atoms in total. The number of fused-ring (bicyclic) bond motifs is 2. The van der Waals surface area contributed by atoms with Gasteiger partial charge in [-0.15, -0.1) is 0 Å². The Labute approximate surface area is 142 Å². The van der Waals surface area contributed by atoms with Crippen LogP contribution in [0.3, 0.4) is 0 Å². The van der Waals surface area contributed by atoms with Crippen molar-refractivity contribution in [3.8, 4) is 5.75 Å². The molecule has 1 aromatic rings. The van der Waals surface area contributed by atoms with E-state index in [1.54, 1.807) is 12.4 Å². The monoisotopic (exact) mass is 332 g/mol. The second-order valence-corrected chi connectivity index (χ2v) is 6.88. The fourth-order valence-corrected chi connectivity index (χ4v) is 4.13. The molecule has 4 rings (SSSR count). The highest BCUT2D eigenvalue weighted by Crippen LogP contribution is 2.38. The van der Waals surface area contributed by atoms with E-state index in [9.17, 15) is 4.79 Å². The van der Waals surface area contributed by atoms with E-state index in [0.717, 1.165) is 44.3 Å². The fourth-order valence-electron chi connectivity index (χ4n) is 4.13. The van der Waals surface area contributed by atoms with Gasteiger partial charge in [-0.25, -0.2) is 4.79 Å². The third kappa shape index (κ3) is 3.34. The number of pyridine rings is 1. The number of aromatic nitrogens is 1. The van der Waals surface area contributed by atoms with Gasteiger partial charge >= 0.3 is 6.09 Å². The van der Waals surface area contributed by atoms with Crippen molar-refractivity contribution in [2.45, 2.75) is 62.8 Å². The molecule has 2 bridgehead atoms. The molecule has 3 aliphatic rings. The molecule has 0 N–H and O–H groups in total. The highest BCUT2D eigenvalue weighted by molar-refractivity contribution is 5.69. The van der Waals surface area contributed by atoms with E-state index < -0.39 is 0 Å².